The molecule has 0 spiro atoms. The van der Waals surface area contributed by atoms with Crippen LogP contribution in [0.15, 0.2) is 83.8 Å². The minimum absolute atomic E-state index is 0.00524. The number of carbonyl (C=O) groups is 2. The summed E-state index contributed by atoms with van der Waals surface area (Å²) in [5.41, 5.74) is -0.0729. The number of hydrogen-bond acceptors (Lipinski definition) is 5. The number of benzene rings is 3. The minimum Gasteiger partial charge on any atom is -0.464 e. The molecule has 1 heterocycles. The molecule has 0 fully saturated rings. The highest BCUT2D eigenvalue weighted by molar-refractivity contribution is 7.93. The van der Waals surface area contributed by atoms with Crippen molar-refractivity contribution in [3.63, 3.8) is 0 Å². The van der Waals surface area contributed by atoms with Gasteiger partial charge in [-0.2, -0.15) is 0 Å². The van der Waals surface area contributed by atoms with Gasteiger partial charge in [0.05, 0.1) is 17.2 Å². The molecule has 6 nitrogen and oxygen atoms in total. The summed E-state index contributed by atoms with van der Waals surface area (Å²) >= 11 is 0. The first-order valence-corrected chi connectivity index (χ1v) is 11.7. The monoisotopic (exact) mass is 449 g/mol. The van der Waals surface area contributed by atoms with E-state index in [1.54, 1.807) is 73.7 Å². The number of nitrogens with zero attached hydrogens (tertiary/aromatic N) is 1. The van der Waals surface area contributed by atoms with Crippen LogP contribution in [0.3, 0.4) is 0 Å². The first kappa shape index (κ1) is 21.8. The van der Waals surface area contributed by atoms with Crippen LogP contribution in [0.25, 0.3) is 0 Å². The number of para-hydroxylation sites is 1. The van der Waals surface area contributed by atoms with Crippen molar-refractivity contribution < 1.29 is 22.7 Å². The Morgan fingerprint density at radius 2 is 1.56 bits per heavy atom. The lowest BCUT2D eigenvalue weighted by Crippen LogP contribution is -2.61. The van der Waals surface area contributed by atoms with E-state index in [0.29, 0.717) is 11.3 Å². The second-order valence-corrected chi connectivity index (χ2v) is 9.45. The third-order valence-electron chi connectivity index (χ3n) is 5.59. The summed E-state index contributed by atoms with van der Waals surface area (Å²) in [5.74, 6) is -1.51. The molecular formula is C25H23NO5S. The molecule has 0 radical (unpaired) electrons. The normalized spacial score (nSPS) is 17.6. The maximum atomic E-state index is 13.9. The first-order chi connectivity index (χ1) is 15.3. The Labute approximate surface area is 187 Å². The number of sulfonamides is 1. The number of esters is 1. The van der Waals surface area contributed by atoms with Gasteiger partial charge in [-0.05, 0) is 37.6 Å². The lowest BCUT2D eigenvalue weighted by molar-refractivity contribution is -0.147. The fourth-order valence-corrected chi connectivity index (χ4v) is 5.82. The van der Waals surface area contributed by atoms with Crippen LogP contribution >= 0.6 is 0 Å². The van der Waals surface area contributed by atoms with E-state index in [9.17, 15) is 18.0 Å². The third kappa shape index (κ3) is 3.39. The Balaban J connectivity index is 2.00. The van der Waals surface area contributed by atoms with Gasteiger partial charge in [0.15, 0.2) is 0 Å². The van der Waals surface area contributed by atoms with E-state index in [0.717, 1.165) is 9.87 Å². The highest BCUT2D eigenvalue weighted by Gasteiger charge is 2.61. The number of ether oxygens (including phenoxy) is 1. The summed E-state index contributed by atoms with van der Waals surface area (Å²) < 4.78 is 34.2. The number of Topliss-reactive ketones (excluding diaryl/α,β-unsaturated/α-hetero) is 1. The molecule has 1 aliphatic rings. The SMILES string of the molecule is CCOC(=O)C1(C(=O)c2ccccc2)Cc2ccccc2N1S(=O)(=O)c1ccc(C)cc1. The van der Waals surface area contributed by atoms with E-state index >= 15 is 0 Å². The van der Waals surface area contributed by atoms with E-state index in [1.807, 2.05) is 6.92 Å². The summed E-state index contributed by atoms with van der Waals surface area (Å²) in [5, 5.41) is 0. The second kappa shape index (κ2) is 8.24. The van der Waals surface area contributed by atoms with Crippen LogP contribution in [0, 0.1) is 6.92 Å². The molecule has 1 aliphatic heterocycles. The number of rotatable bonds is 6. The van der Waals surface area contributed by atoms with Crippen molar-refractivity contribution in [1.82, 2.24) is 0 Å². The van der Waals surface area contributed by atoms with Crippen molar-refractivity contribution in [2.75, 3.05) is 10.9 Å². The zero-order chi connectivity index (χ0) is 22.9. The fraction of sp³-hybridized carbons (Fsp3) is 0.200. The van der Waals surface area contributed by atoms with Gasteiger partial charge >= 0.3 is 5.97 Å². The van der Waals surface area contributed by atoms with Crippen LogP contribution in [-0.2, 0) is 26.0 Å². The fourth-order valence-electron chi connectivity index (χ4n) is 4.06. The molecule has 3 aromatic rings. The molecular weight excluding hydrogens is 426 g/mol. The smallest absolute Gasteiger partial charge is 0.341 e. The zero-order valence-electron chi connectivity index (χ0n) is 17.8. The molecule has 0 bridgehead atoms. The topological polar surface area (TPSA) is 80.8 Å². The molecule has 0 aliphatic carbocycles. The Morgan fingerprint density at radius 3 is 2.22 bits per heavy atom. The van der Waals surface area contributed by atoms with Crippen LogP contribution < -0.4 is 4.31 Å². The van der Waals surface area contributed by atoms with E-state index < -0.39 is 27.3 Å². The number of anilines is 1. The quantitative estimate of drug-likeness (QED) is 0.324. The lowest BCUT2D eigenvalue weighted by atomic mass is 9.86. The molecule has 1 unspecified atom stereocenters. The number of hydrogen-bond donors (Lipinski definition) is 0. The molecule has 0 saturated heterocycles. The number of ketones is 1. The van der Waals surface area contributed by atoms with Crippen molar-refractivity contribution in [1.29, 1.82) is 0 Å². The van der Waals surface area contributed by atoms with Gasteiger partial charge in [-0.15, -0.1) is 0 Å². The summed E-state index contributed by atoms with van der Waals surface area (Å²) in [4.78, 5) is 27.3. The van der Waals surface area contributed by atoms with Gasteiger partial charge < -0.3 is 4.74 Å². The summed E-state index contributed by atoms with van der Waals surface area (Å²) in [6, 6.07) is 21.3. The average Bonchev–Trinajstić information content (AvgIpc) is 3.17. The van der Waals surface area contributed by atoms with Gasteiger partial charge in [0.1, 0.15) is 0 Å². The molecule has 4 rings (SSSR count). The molecule has 7 heteroatoms. The maximum Gasteiger partial charge on any atom is 0.341 e. The van der Waals surface area contributed by atoms with E-state index in [1.165, 1.54) is 12.1 Å². The van der Waals surface area contributed by atoms with Crippen molar-refractivity contribution in [3.05, 3.63) is 95.6 Å². The number of carbonyl (C=O) groups excluding carboxylic acids is 2. The van der Waals surface area contributed by atoms with Gasteiger partial charge in [0.25, 0.3) is 10.0 Å². The summed E-state index contributed by atoms with van der Waals surface area (Å²) in [6.45, 7) is 3.49. The zero-order valence-corrected chi connectivity index (χ0v) is 18.6. The van der Waals surface area contributed by atoms with Crippen LogP contribution in [-0.4, -0.2) is 32.3 Å². The van der Waals surface area contributed by atoms with Gasteiger partial charge in [-0.25, -0.2) is 17.5 Å². The number of fused-ring (bicyclic) bond motifs is 1. The molecule has 164 valence electrons. The van der Waals surface area contributed by atoms with Gasteiger partial charge in [0, 0.05) is 12.0 Å². The summed E-state index contributed by atoms with van der Waals surface area (Å²) in [7, 11) is -4.28. The van der Waals surface area contributed by atoms with Crippen LogP contribution in [0.4, 0.5) is 5.69 Å². The molecule has 3 aromatic carbocycles. The Kier molecular flexibility index (Phi) is 5.60. The Hall–Kier alpha value is -3.45. The van der Waals surface area contributed by atoms with Crippen molar-refractivity contribution in [2.45, 2.75) is 30.7 Å². The van der Waals surface area contributed by atoms with Crippen molar-refractivity contribution in [3.8, 4) is 0 Å². The van der Waals surface area contributed by atoms with Gasteiger partial charge in [-0.1, -0.05) is 66.2 Å². The maximum absolute atomic E-state index is 13.9. The number of aryl methyl sites for hydroxylation is 1. The molecule has 32 heavy (non-hydrogen) atoms. The lowest BCUT2D eigenvalue weighted by Gasteiger charge is -2.35. The largest absolute Gasteiger partial charge is 0.464 e. The highest BCUT2D eigenvalue weighted by atomic mass is 32.2. The van der Waals surface area contributed by atoms with E-state index in [-0.39, 0.29) is 23.5 Å². The van der Waals surface area contributed by atoms with Crippen LogP contribution in [0.2, 0.25) is 0 Å². The van der Waals surface area contributed by atoms with Crippen LogP contribution in [0.5, 0.6) is 0 Å². The molecule has 0 N–H and O–H groups in total. The predicted octanol–water partition coefficient (Wildman–Crippen LogP) is 3.93. The summed E-state index contributed by atoms with van der Waals surface area (Å²) in [6.07, 6.45) is -0.110. The molecule has 0 amide bonds. The van der Waals surface area contributed by atoms with E-state index in [4.69, 9.17) is 4.74 Å². The highest BCUT2D eigenvalue weighted by Crippen LogP contribution is 2.45. The molecule has 1 atom stereocenters. The van der Waals surface area contributed by atoms with Crippen molar-refractivity contribution >= 4 is 27.5 Å². The van der Waals surface area contributed by atoms with Crippen molar-refractivity contribution in [2.24, 2.45) is 0 Å². The van der Waals surface area contributed by atoms with E-state index in [2.05, 4.69) is 0 Å². The second-order valence-electron chi connectivity index (χ2n) is 7.66. The third-order valence-corrected chi connectivity index (χ3v) is 7.44. The standard InChI is InChI=1S/C25H23NO5S/c1-3-31-24(28)25(23(27)19-9-5-4-6-10-19)17-20-11-7-8-12-22(20)26(25)32(29,30)21-15-13-18(2)14-16-21/h4-16H,3,17H2,1-2H3. The average molecular weight is 450 g/mol. The Morgan fingerprint density at radius 1 is 0.938 bits per heavy atom. The Bertz CT molecular complexity index is 1270. The van der Waals surface area contributed by atoms with Crippen LogP contribution in [0.1, 0.15) is 28.4 Å². The van der Waals surface area contributed by atoms with Gasteiger partial charge in [0.2, 0.25) is 11.3 Å². The molecule has 0 saturated carbocycles. The molecule has 0 aromatic heterocycles. The first-order valence-electron chi connectivity index (χ1n) is 10.3. The minimum atomic E-state index is -4.28. The predicted molar refractivity (Wildman–Crippen MR) is 121 cm³/mol. The van der Waals surface area contributed by atoms with Gasteiger partial charge in [-0.3, -0.25) is 4.79 Å².